The van der Waals surface area contributed by atoms with Crippen molar-refractivity contribution in [3.05, 3.63) is 18.0 Å². The smallest absolute Gasteiger partial charge is 0.244 e. The van der Waals surface area contributed by atoms with Crippen LogP contribution in [-0.4, -0.2) is 49.5 Å². The zero-order valence-electron chi connectivity index (χ0n) is 12.9. The second-order valence-corrected chi connectivity index (χ2v) is 7.55. The van der Waals surface area contributed by atoms with Crippen molar-refractivity contribution in [3.63, 3.8) is 0 Å². The van der Waals surface area contributed by atoms with E-state index in [-0.39, 0.29) is 12.2 Å². The molecule has 1 aliphatic rings. The van der Waals surface area contributed by atoms with Crippen LogP contribution in [-0.2, 0) is 21.3 Å². The maximum Gasteiger partial charge on any atom is 0.244 e. The normalized spacial score (nSPS) is 24.3. The van der Waals surface area contributed by atoms with Crippen LogP contribution in [0.1, 0.15) is 32.9 Å². The number of hydrogen-bond donors (Lipinski definition) is 2. The molecule has 1 fully saturated rings. The van der Waals surface area contributed by atoms with Crippen LogP contribution in [0.5, 0.6) is 0 Å². The molecule has 0 aliphatic carbocycles. The highest BCUT2D eigenvalue weighted by Crippen LogP contribution is 2.21. The fourth-order valence-electron chi connectivity index (χ4n) is 2.55. The third-order valence-electron chi connectivity index (χ3n) is 3.48. The van der Waals surface area contributed by atoms with Crippen molar-refractivity contribution in [2.75, 3.05) is 19.6 Å². The summed E-state index contributed by atoms with van der Waals surface area (Å²) >= 11 is 0. The molecule has 0 amide bonds. The molecule has 0 aromatic carbocycles. The number of ether oxygens (including phenoxy) is 1. The number of nitrogens with zero attached hydrogens (tertiary/aromatic N) is 1. The van der Waals surface area contributed by atoms with Crippen LogP contribution in [0.15, 0.2) is 17.2 Å². The standard InChI is InChI=1S/C14H25N3O3S/c1-4-5-15-7-13-6-14(8-16-13)21(18,19)17-9-11(2)20-12(3)10-17/h6,8,11-12,15-16H,4-5,7,9-10H2,1-3H3/t11-,12+. The molecule has 0 radical (unpaired) electrons. The molecule has 0 saturated carbocycles. The largest absolute Gasteiger partial charge is 0.373 e. The molecule has 2 N–H and O–H groups in total. The number of hydrogen-bond acceptors (Lipinski definition) is 4. The molecule has 120 valence electrons. The minimum atomic E-state index is -3.44. The number of aromatic amines is 1. The lowest BCUT2D eigenvalue weighted by Crippen LogP contribution is -2.47. The van der Waals surface area contributed by atoms with Gasteiger partial charge < -0.3 is 15.0 Å². The Kier molecular flexibility index (Phi) is 5.43. The van der Waals surface area contributed by atoms with E-state index in [1.165, 1.54) is 4.31 Å². The number of sulfonamides is 1. The van der Waals surface area contributed by atoms with Crippen molar-refractivity contribution in [1.82, 2.24) is 14.6 Å². The van der Waals surface area contributed by atoms with Crippen LogP contribution in [0.4, 0.5) is 0 Å². The molecule has 21 heavy (non-hydrogen) atoms. The van der Waals surface area contributed by atoms with E-state index in [2.05, 4.69) is 17.2 Å². The summed E-state index contributed by atoms with van der Waals surface area (Å²) < 4.78 is 32.4. The Bertz CT molecular complexity index is 546. The van der Waals surface area contributed by atoms with Gasteiger partial charge in [-0.1, -0.05) is 6.92 Å². The number of aromatic nitrogens is 1. The Morgan fingerprint density at radius 2 is 2.05 bits per heavy atom. The van der Waals surface area contributed by atoms with E-state index in [1.54, 1.807) is 12.3 Å². The van der Waals surface area contributed by atoms with Crippen molar-refractivity contribution in [2.24, 2.45) is 0 Å². The highest BCUT2D eigenvalue weighted by molar-refractivity contribution is 7.89. The van der Waals surface area contributed by atoms with Gasteiger partial charge in [-0.05, 0) is 32.9 Å². The number of morpholine rings is 1. The number of rotatable bonds is 6. The minimum Gasteiger partial charge on any atom is -0.373 e. The lowest BCUT2D eigenvalue weighted by Gasteiger charge is -2.34. The van der Waals surface area contributed by atoms with Gasteiger partial charge >= 0.3 is 0 Å². The molecule has 0 bridgehead atoms. The highest BCUT2D eigenvalue weighted by Gasteiger charge is 2.32. The molecule has 6 nitrogen and oxygen atoms in total. The monoisotopic (exact) mass is 315 g/mol. The fourth-order valence-corrected chi connectivity index (χ4v) is 4.16. The van der Waals surface area contributed by atoms with E-state index < -0.39 is 10.0 Å². The highest BCUT2D eigenvalue weighted by atomic mass is 32.2. The summed E-state index contributed by atoms with van der Waals surface area (Å²) in [6, 6.07) is 1.71. The first-order chi connectivity index (χ1) is 9.93. The lowest BCUT2D eigenvalue weighted by atomic mass is 10.3. The molecule has 1 aromatic heterocycles. The molecular weight excluding hydrogens is 290 g/mol. The molecule has 2 atom stereocenters. The topological polar surface area (TPSA) is 74.4 Å². The molecule has 2 rings (SSSR count). The van der Waals surface area contributed by atoms with Crippen molar-refractivity contribution in [2.45, 2.75) is 50.8 Å². The third kappa shape index (κ3) is 4.06. The van der Waals surface area contributed by atoms with Gasteiger partial charge in [0.15, 0.2) is 0 Å². The van der Waals surface area contributed by atoms with E-state index in [1.807, 2.05) is 13.8 Å². The van der Waals surface area contributed by atoms with Gasteiger partial charge in [-0.2, -0.15) is 4.31 Å². The van der Waals surface area contributed by atoms with Crippen molar-refractivity contribution in [3.8, 4) is 0 Å². The SMILES string of the molecule is CCCNCc1cc(S(=O)(=O)N2C[C@@H](C)O[C@@H](C)C2)c[nH]1. The summed E-state index contributed by atoms with van der Waals surface area (Å²) in [7, 11) is -3.44. The van der Waals surface area contributed by atoms with Crippen molar-refractivity contribution in [1.29, 1.82) is 0 Å². The van der Waals surface area contributed by atoms with Crippen LogP contribution in [0, 0.1) is 0 Å². The Morgan fingerprint density at radius 3 is 2.67 bits per heavy atom. The average molecular weight is 315 g/mol. The fraction of sp³-hybridized carbons (Fsp3) is 0.714. The Labute approximate surface area is 126 Å². The second-order valence-electron chi connectivity index (χ2n) is 5.62. The van der Waals surface area contributed by atoms with E-state index in [0.717, 1.165) is 18.7 Å². The zero-order valence-corrected chi connectivity index (χ0v) is 13.7. The van der Waals surface area contributed by atoms with Crippen LogP contribution in [0.25, 0.3) is 0 Å². The average Bonchev–Trinajstić information content (AvgIpc) is 2.87. The molecule has 1 saturated heterocycles. The van der Waals surface area contributed by atoms with E-state index >= 15 is 0 Å². The van der Waals surface area contributed by atoms with Crippen LogP contribution >= 0.6 is 0 Å². The van der Waals surface area contributed by atoms with Gasteiger partial charge in [0, 0.05) is 31.5 Å². The van der Waals surface area contributed by atoms with Gasteiger partial charge in [0.2, 0.25) is 10.0 Å². The number of H-pyrrole nitrogens is 1. The Morgan fingerprint density at radius 1 is 1.38 bits per heavy atom. The summed E-state index contributed by atoms with van der Waals surface area (Å²) in [5.74, 6) is 0. The summed E-state index contributed by atoms with van der Waals surface area (Å²) in [5, 5.41) is 3.25. The summed E-state index contributed by atoms with van der Waals surface area (Å²) in [4.78, 5) is 3.36. The summed E-state index contributed by atoms with van der Waals surface area (Å²) in [5.41, 5.74) is 0.886. The second kappa shape index (κ2) is 6.91. The third-order valence-corrected chi connectivity index (χ3v) is 5.29. The van der Waals surface area contributed by atoms with Gasteiger partial charge in [0.1, 0.15) is 0 Å². The minimum absolute atomic E-state index is 0.0758. The first-order valence-corrected chi connectivity index (χ1v) is 8.91. The van der Waals surface area contributed by atoms with E-state index in [4.69, 9.17) is 4.74 Å². The first kappa shape index (κ1) is 16.5. The first-order valence-electron chi connectivity index (χ1n) is 7.47. The van der Waals surface area contributed by atoms with Gasteiger partial charge in [-0.25, -0.2) is 8.42 Å². The molecule has 1 aromatic rings. The zero-order chi connectivity index (χ0) is 15.5. The van der Waals surface area contributed by atoms with E-state index in [0.29, 0.717) is 24.5 Å². The van der Waals surface area contributed by atoms with Crippen LogP contribution in [0.3, 0.4) is 0 Å². The predicted molar refractivity (Wildman–Crippen MR) is 81.6 cm³/mol. The molecule has 0 spiro atoms. The molecular formula is C14H25N3O3S. The van der Waals surface area contributed by atoms with Crippen LogP contribution < -0.4 is 5.32 Å². The van der Waals surface area contributed by atoms with E-state index in [9.17, 15) is 8.42 Å². The molecule has 0 unspecified atom stereocenters. The van der Waals surface area contributed by atoms with Crippen LogP contribution in [0.2, 0.25) is 0 Å². The quantitative estimate of drug-likeness (QED) is 0.776. The maximum atomic E-state index is 12.7. The summed E-state index contributed by atoms with van der Waals surface area (Å²) in [6.07, 6.45) is 2.47. The Balaban J connectivity index is 2.08. The van der Waals surface area contributed by atoms with Gasteiger partial charge in [-0.3, -0.25) is 0 Å². The molecule has 7 heteroatoms. The van der Waals surface area contributed by atoms with Gasteiger partial charge in [0.05, 0.1) is 17.1 Å². The summed E-state index contributed by atoms with van der Waals surface area (Å²) in [6.45, 7) is 8.27. The molecule has 1 aliphatic heterocycles. The molecule has 2 heterocycles. The van der Waals surface area contributed by atoms with Gasteiger partial charge in [0.25, 0.3) is 0 Å². The van der Waals surface area contributed by atoms with Crippen molar-refractivity contribution >= 4 is 10.0 Å². The maximum absolute atomic E-state index is 12.7. The Hall–Kier alpha value is -0.890. The van der Waals surface area contributed by atoms with Crippen molar-refractivity contribution < 1.29 is 13.2 Å². The lowest BCUT2D eigenvalue weighted by molar-refractivity contribution is -0.0440. The number of nitrogens with one attached hydrogen (secondary N) is 2. The van der Waals surface area contributed by atoms with Gasteiger partial charge in [-0.15, -0.1) is 0 Å². The predicted octanol–water partition coefficient (Wildman–Crippen LogP) is 1.31.